The molecule has 0 bridgehead atoms. The van der Waals surface area contributed by atoms with E-state index in [1.54, 1.807) is 0 Å². The summed E-state index contributed by atoms with van der Waals surface area (Å²) in [6, 6.07) is 0. The van der Waals surface area contributed by atoms with E-state index >= 15 is 0 Å². The van der Waals surface area contributed by atoms with Crippen LogP contribution in [0.1, 0.15) is 174 Å². The van der Waals surface area contributed by atoms with Gasteiger partial charge in [-0.05, 0) is 83.5 Å². The summed E-state index contributed by atoms with van der Waals surface area (Å²) in [6.45, 7) is 4.08. The number of allylic oxidation sites excluding steroid dienone is 12. The number of hydrogen-bond donors (Lipinski definition) is 6. The molecule has 63 heavy (non-hydrogen) atoms. The molecule has 0 radical (unpaired) electrons. The zero-order chi connectivity index (χ0) is 46.2. The first kappa shape index (κ1) is 58.8. The monoisotopic (exact) mass is 911 g/mol. The molecule has 0 aromatic carbocycles. The van der Waals surface area contributed by atoms with Gasteiger partial charge in [0.05, 0.1) is 13.2 Å². The maximum Gasteiger partial charge on any atom is 0.472 e. The van der Waals surface area contributed by atoms with Gasteiger partial charge in [-0.15, -0.1) is 0 Å². The maximum absolute atomic E-state index is 12.8. The first-order valence-corrected chi connectivity index (χ1v) is 25.8. The SMILES string of the molecule is CC/C=C\C/C=C\C/C=C\C/C=C\CCCCCCC(=O)OC(COCCCCCCCCCC/C=C\C/C=C\CCCCCC)COP(=O)(O)OC1C(O)C(O)C(O)C(O)C1O. The molecule has 6 atom stereocenters. The van der Waals surface area contributed by atoms with Crippen LogP contribution in [-0.2, 0) is 27.9 Å². The van der Waals surface area contributed by atoms with Gasteiger partial charge < -0.3 is 39.9 Å². The largest absolute Gasteiger partial charge is 0.472 e. The van der Waals surface area contributed by atoms with Crippen molar-refractivity contribution in [3.05, 3.63) is 72.9 Å². The third kappa shape index (κ3) is 32.2. The summed E-state index contributed by atoms with van der Waals surface area (Å²) in [4.78, 5) is 23.2. The smallest absolute Gasteiger partial charge is 0.457 e. The molecule has 1 saturated carbocycles. The van der Waals surface area contributed by atoms with Gasteiger partial charge in [0.15, 0.2) is 0 Å². The highest BCUT2D eigenvalue weighted by Gasteiger charge is 2.51. The highest BCUT2D eigenvalue weighted by Crippen LogP contribution is 2.47. The van der Waals surface area contributed by atoms with Crippen LogP contribution in [0.2, 0.25) is 0 Å². The molecule has 0 aromatic heterocycles. The van der Waals surface area contributed by atoms with Gasteiger partial charge in [0, 0.05) is 13.0 Å². The van der Waals surface area contributed by atoms with E-state index in [1.807, 2.05) is 0 Å². The minimum absolute atomic E-state index is 0.0946. The van der Waals surface area contributed by atoms with Crippen LogP contribution in [0.4, 0.5) is 0 Å². The predicted molar refractivity (Wildman–Crippen MR) is 253 cm³/mol. The minimum atomic E-state index is -5.03. The van der Waals surface area contributed by atoms with E-state index < -0.39 is 63.1 Å². The molecule has 364 valence electrons. The van der Waals surface area contributed by atoms with Crippen molar-refractivity contribution in [1.82, 2.24) is 0 Å². The highest BCUT2D eigenvalue weighted by atomic mass is 31.2. The second kappa shape index (κ2) is 40.1. The van der Waals surface area contributed by atoms with E-state index in [-0.39, 0.29) is 13.0 Å². The molecule has 0 amide bonds. The Labute approximate surface area is 380 Å². The third-order valence-corrected chi connectivity index (χ3v) is 11.8. The fraction of sp³-hybridized carbons (Fsp3) is 0.740. The maximum atomic E-state index is 12.8. The number of phosphoric ester groups is 1. The van der Waals surface area contributed by atoms with Gasteiger partial charge in [0.25, 0.3) is 0 Å². The van der Waals surface area contributed by atoms with Crippen molar-refractivity contribution in [3.63, 3.8) is 0 Å². The summed E-state index contributed by atoms with van der Waals surface area (Å²) in [5.74, 6) is -0.505. The Morgan fingerprint density at radius 3 is 1.43 bits per heavy atom. The van der Waals surface area contributed by atoms with Crippen molar-refractivity contribution in [3.8, 4) is 0 Å². The lowest BCUT2D eigenvalue weighted by molar-refractivity contribution is -0.220. The van der Waals surface area contributed by atoms with Gasteiger partial charge >= 0.3 is 13.8 Å². The number of carbonyl (C=O) groups is 1. The van der Waals surface area contributed by atoms with Crippen LogP contribution < -0.4 is 0 Å². The predicted octanol–water partition coefficient (Wildman–Crippen LogP) is 10.4. The molecule has 1 aliphatic carbocycles. The number of esters is 1. The Hall–Kier alpha value is -2.22. The zero-order valence-electron chi connectivity index (χ0n) is 38.8. The summed E-state index contributed by atoms with van der Waals surface area (Å²) in [6.07, 6.45) is 39.6. The molecule has 1 fully saturated rings. The molecular formula is C50H87O12P. The number of unbranched alkanes of at least 4 members (excludes halogenated alkanes) is 16. The van der Waals surface area contributed by atoms with Gasteiger partial charge in [0.1, 0.15) is 42.7 Å². The number of ether oxygens (including phenoxy) is 2. The van der Waals surface area contributed by atoms with Crippen molar-refractivity contribution in [2.24, 2.45) is 0 Å². The van der Waals surface area contributed by atoms with Crippen LogP contribution in [0.25, 0.3) is 0 Å². The third-order valence-electron chi connectivity index (χ3n) is 10.8. The fourth-order valence-corrected chi connectivity index (χ4v) is 7.94. The number of aliphatic hydroxyl groups excluding tert-OH is 5. The second-order valence-corrected chi connectivity index (χ2v) is 18.0. The van der Waals surface area contributed by atoms with E-state index in [1.165, 1.54) is 57.8 Å². The number of hydrogen-bond acceptors (Lipinski definition) is 11. The van der Waals surface area contributed by atoms with Gasteiger partial charge in [-0.1, -0.05) is 157 Å². The van der Waals surface area contributed by atoms with Crippen LogP contribution in [0.5, 0.6) is 0 Å². The van der Waals surface area contributed by atoms with Gasteiger partial charge in [-0.25, -0.2) is 4.57 Å². The molecule has 13 heteroatoms. The Morgan fingerprint density at radius 1 is 0.524 bits per heavy atom. The summed E-state index contributed by atoms with van der Waals surface area (Å²) < 4.78 is 34.2. The molecule has 0 saturated heterocycles. The number of phosphoric acid groups is 1. The quantitative estimate of drug-likeness (QED) is 0.0148. The van der Waals surface area contributed by atoms with E-state index in [0.29, 0.717) is 13.0 Å². The average Bonchev–Trinajstić information content (AvgIpc) is 3.27. The van der Waals surface area contributed by atoms with Crippen molar-refractivity contribution >= 4 is 13.8 Å². The van der Waals surface area contributed by atoms with Crippen LogP contribution in [0.3, 0.4) is 0 Å². The molecule has 0 aromatic rings. The standard InChI is InChI=1S/C50H87O12P/c1-3-5-7-9-11-13-15-17-19-21-22-24-26-28-30-32-34-36-38-40-59-41-43(42-60-63(57,58)62-50-48(55)46(53)45(52)47(54)49(50)56)61-44(51)39-37-35-33-31-29-27-25-23-20-18-16-14-12-10-8-6-4-2/h6,8,12-15,18-21,25,27,43,45-50,52-56H,3-5,7,9-11,16-17,22-24,26,28-42H2,1-2H3,(H,57,58)/b8-6-,14-12-,15-13-,20-18-,21-19-,27-25-. The summed E-state index contributed by atoms with van der Waals surface area (Å²) in [5.41, 5.74) is 0. The van der Waals surface area contributed by atoms with Gasteiger partial charge in [0.2, 0.25) is 0 Å². The molecule has 0 spiro atoms. The molecule has 1 rings (SSSR count). The van der Waals surface area contributed by atoms with Crippen LogP contribution in [0, 0.1) is 0 Å². The first-order valence-electron chi connectivity index (χ1n) is 24.3. The molecule has 0 heterocycles. The minimum Gasteiger partial charge on any atom is -0.457 e. The molecule has 6 N–H and O–H groups in total. The Balaban J connectivity index is 2.40. The van der Waals surface area contributed by atoms with E-state index in [4.69, 9.17) is 18.5 Å². The van der Waals surface area contributed by atoms with E-state index in [0.717, 1.165) is 89.9 Å². The fourth-order valence-electron chi connectivity index (χ4n) is 6.96. The normalized spacial score (nSPS) is 22.5. The second-order valence-electron chi connectivity index (χ2n) is 16.6. The lowest BCUT2D eigenvalue weighted by Gasteiger charge is -2.41. The zero-order valence-corrected chi connectivity index (χ0v) is 39.7. The lowest BCUT2D eigenvalue weighted by atomic mass is 9.85. The van der Waals surface area contributed by atoms with E-state index in [2.05, 4.69) is 86.8 Å². The van der Waals surface area contributed by atoms with Crippen molar-refractivity contribution in [2.45, 2.75) is 217 Å². The van der Waals surface area contributed by atoms with Crippen molar-refractivity contribution < 1.29 is 58.3 Å². The Bertz CT molecular complexity index is 1310. The van der Waals surface area contributed by atoms with Crippen molar-refractivity contribution in [1.29, 1.82) is 0 Å². The lowest BCUT2D eigenvalue weighted by Crippen LogP contribution is -2.64. The van der Waals surface area contributed by atoms with Crippen molar-refractivity contribution in [2.75, 3.05) is 19.8 Å². The van der Waals surface area contributed by atoms with Crippen LogP contribution >= 0.6 is 7.82 Å². The first-order chi connectivity index (χ1) is 30.5. The summed E-state index contributed by atoms with van der Waals surface area (Å²) in [5, 5.41) is 50.2. The van der Waals surface area contributed by atoms with Crippen LogP contribution in [0.15, 0.2) is 72.9 Å². The topological polar surface area (TPSA) is 192 Å². The van der Waals surface area contributed by atoms with E-state index in [9.17, 15) is 39.8 Å². The molecule has 0 aliphatic heterocycles. The molecule has 6 unspecified atom stereocenters. The van der Waals surface area contributed by atoms with Gasteiger partial charge in [-0.3, -0.25) is 13.8 Å². The molecular weight excluding hydrogens is 824 g/mol. The number of rotatable bonds is 40. The number of carbonyl (C=O) groups excluding carboxylic acids is 1. The summed E-state index contributed by atoms with van der Waals surface area (Å²) in [7, 11) is -5.03. The van der Waals surface area contributed by atoms with Crippen LogP contribution in [-0.4, -0.2) is 98.9 Å². The molecule has 1 aliphatic rings. The highest BCUT2D eigenvalue weighted by molar-refractivity contribution is 7.47. The average molecular weight is 911 g/mol. The Morgan fingerprint density at radius 2 is 0.937 bits per heavy atom. The van der Waals surface area contributed by atoms with Gasteiger partial charge in [-0.2, -0.15) is 0 Å². The molecule has 12 nitrogen and oxygen atoms in total. The number of aliphatic hydroxyl groups is 5. The summed E-state index contributed by atoms with van der Waals surface area (Å²) >= 11 is 0. The Kier molecular flexibility index (Phi) is 37.4.